The fourth-order valence-electron chi connectivity index (χ4n) is 1.23. The van der Waals surface area contributed by atoms with Crippen LogP contribution in [0.2, 0.25) is 0 Å². The molecule has 0 radical (unpaired) electrons. The van der Waals surface area contributed by atoms with Gasteiger partial charge in [0, 0.05) is 15.6 Å². The van der Waals surface area contributed by atoms with Crippen molar-refractivity contribution in [1.29, 1.82) is 0 Å². The molecule has 0 aliphatic carbocycles. The molecule has 2 aromatic rings. The Morgan fingerprint density at radius 1 is 1.33 bits per heavy atom. The van der Waals surface area contributed by atoms with E-state index < -0.39 is 0 Å². The van der Waals surface area contributed by atoms with E-state index >= 15 is 0 Å². The molecule has 0 bridgehead atoms. The second kappa shape index (κ2) is 3.18. The van der Waals surface area contributed by atoms with Crippen LogP contribution >= 0.6 is 33.9 Å². The normalized spacial score (nSPS) is 10.4. The summed E-state index contributed by atoms with van der Waals surface area (Å²) in [5.41, 5.74) is 1.27. The summed E-state index contributed by atoms with van der Waals surface area (Å²) in [4.78, 5) is 0. The molecular formula is C10H7IS. The maximum absolute atomic E-state index is 3.82. The summed E-state index contributed by atoms with van der Waals surface area (Å²) < 4.78 is 2.67. The molecule has 1 aromatic carbocycles. The number of hydrogen-bond acceptors (Lipinski definition) is 1. The minimum atomic E-state index is 1.27. The molecule has 1 heterocycles. The summed E-state index contributed by atoms with van der Waals surface area (Å²) in [7, 11) is 0. The maximum Gasteiger partial charge on any atom is 0.0738 e. The number of rotatable bonds is 1. The van der Waals surface area contributed by atoms with Gasteiger partial charge in [0.15, 0.2) is 0 Å². The monoisotopic (exact) mass is 286 g/mol. The van der Waals surface area contributed by atoms with Gasteiger partial charge in [-0.2, -0.15) is 0 Å². The molecule has 0 fully saturated rings. The van der Waals surface area contributed by atoms with Gasteiger partial charge in [0.05, 0.1) is 2.88 Å². The predicted molar refractivity (Wildman–Crippen MR) is 64.6 cm³/mol. The van der Waals surface area contributed by atoms with Crippen molar-refractivity contribution < 1.29 is 0 Å². The highest BCUT2D eigenvalue weighted by Crippen LogP contribution is 2.32. The Bertz CT molecular complexity index is 428. The summed E-state index contributed by atoms with van der Waals surface area (Å²) in [6, 6.07) is 8.43. The van der Waals surface area contributed by atoms with E-state index in [0.29, 0.717) is 0 Å². The molecule has 0 spiro atoms. The summed E-state index contributed by atoms with van der Waals surface area (Å²) in [5.74, 6) is 0. The van der Waals surface area contributed by atoms with Gasteiger partial charge < -0.3 is 0 Å². The minimum absolute atomic E-state index is 1.27. The summed E-state index contributed by atoms with van der Waals surface area (Å²) in [6.07, 6.45) is 1.93. The fourth-order valence-corrected chi connectivity index (χ4v) is 3.38. The third kappa shape index (κ3) is 1.19. The van der Waals surface area contributed by atoms with Gasteiger partial charge in [0.25, 0.3) is 0 Å². The van der Waals surface area contributed by atoms with Crippen LogP contribution in [0, 0.1) is 2.88 Å². The van der Waals surface area contributed by atoms with E-state index in [0.717, 1.165) is 0 Å². The van der Waals surface area contributed by atoms with Crippen molar-refractivity contribution in [3.8, 4) is 0 Å². The SMILES string of the molecule is C=Cc1c(I)sc2ccccc12. The van der Waals surface area contributed by atoms with Crippen LogP contribution in [-0.4, -0.2) is 0 Å². The Hall–Kier alpha value is -0.350. The molecule has 0 unspecified atom stereocenters. The molecule has 0 saturated heterocycles. The number of benzene rings is 1. The molecule has 0 nitrogen and oxygen atoms in total. The van der Waals surface area contributed by atoms with E-state index in [1.54, 1.807) is 0 Å². The molecule has 1 aromatic heterocycles. The lowest BCUT2D eigenvalue weighted by Crippen LogP contribution is -1.68. The van der Waals surface area contributed by atoms with Crippen molar-refractivity contribution in [1.82, 2.24) is 0 Å². The van der Waals surface area contributed by atoms with Crippen molar-refractivity contribution in [2.24, 2.45) is 0 Å². The molecule has 0 saturated carbocycles. The first-order chi connectivity index (χ1) is 5.83. The van der Waals surface area contributed by atoms with Crippen LogP contribution in [0.3, 0.4) is 0 Å². The quantitative estimate of drug-likeness (QED) is 0.691. The van der Waals surface area contributed by atoms with Crippen molar-refractivity contribution in [2.45, 2.75) is 0 Å². The Kier molecular flexibility index (Phi) is 2.19. The van der Waals surface area contributed by atoms with E-state index in [1.165, 1.54) is 18.5 Å². The van der Waals surface area contributed by atoms with Gasteiger partial charge in [0.1, 0.15) is 0 Å². The lowest BCUT2D eigenvalue weighted by molar-refractivity contribution is 1.82. The zero-order chi connectivity index (χ0) is 8.55. The highest BCUT2D eigenvalue weighted by molar-refractivity contribution is 14.1. The molecular weight excluding hydrogens is 279 g/mol. The second-order valence-corrected chi connectivity index (χ2v) is 5.35. The van der Waals surface area contributed by atoms with Crippen LogP contribution in [0.5, 0.6) is 0 Å². The van der Waals surface area contributed by atoms with E-state index in [2.05, 4.69) is 53.4 Å². The van der Waals surface area contributed by atoms with Gasteiger partial charge >= 0.3 is 0 Å². The number of fused-ring (bicyclic) bond motifs is 1. The average molecular weight is 286 g/mol. The largest absolute Gasteiger partial charge is 0.129 e. The third-order valence-corrected chi connectivity index (χ3v) is 4.01. The summed E-state index contributed by atoms with van der Waals surface area (Å²) >= 11 is 4.18. The van der Waals surface area contributed by atoms with Crippen molar-refractivity contribution >= 4 is 50.1 Å². The van der Waals surface area contributed by atoms with E-state index in [9.17, 15) is 0 Å². The smallest absolute Gasteiger partial charge is 0.0738 e. The van der Waals surface area contributed by atoms with Gasteiger partial charge in [-0.25, -0.2) is 0 Å². The van der Waals surface area contributed by atoms with E-state index in [4.69, 9.17) is 0 Å². The Labute approximate surface area is 89.1 Å². The standard InChI is InChI=1S/C10H7IS/c1-2-7-8-5-3-4-6-9(8)12-10(7)11/h2-6H,1H2. The molecule has 2 rings (SSSR count). The Morgan fingerprint density at radius 2 is 2.08 bits per heavy atom. The van der Waals surface area contributed by atoms with Gasteiger partial charge in [-0.05, 0) is 28.7 Å². The predicted octanol–water partition coefficient (Wildman–Crippen LogP) is 4.15. The molecule has 12 heavy (non-hydrogen) atoms. The first-order valence-electron chi connectivity index (χ1n) is 3.62. The number of hydrogen-bond donors (Lipinski definition) is 0. The zero-order valence-corrected chi connectivity index (χ0v) is 9.35. The van der Waals surface area contributed by atoms with Gasteiger partial charge in [-0.1, -0.05) is 30.9 Å². The zero-order valence-electron chi connectivity index (χ0n) is 6.38. The Morgan fingerprint density at radius 3 is 2.83 bits per heavy atom. The van der Waals surface area contributed by atoms with E-state index in [1.807, 2.05) is 17.4 Å². The van der Waals surface area contributed by atoms with Crippen LogP contribution in [0.15, 0.2) is 30.8 Å². The highest BCUT2D eigenvalue weighted by Gasteiger charge is 2.04. The van der Waals surface area contributed by atoms with Crippen molar-refractivity contribution in [3.63, 3.8) is 0 Å². The van der Waals surface area contributed by atoms with Gasteiger partial charge in [-0.15, -0.1) is 11.3 Å². The summed E-state index contributed by atoms with van der Waals surface area (Å²) in [6.45, 7) is 3.82. The molecule has 0 N–H and O–H groups in total. The van der Waals surface area contributed by atoms with Crippen molar-refractivity contribution in [3.05, 3.63) is 39.3 Å². The van der Waals surface area contributed by atoms with Crippen molar-refractivity contribution in [2.75, 3.05) is 0 Å². The lowest BCUT2D eigenvalue weighted by atomic mass is 10.2. The van der Waals surface area contributed by atoms with Gasteiger partial charge in [0.2, 0.25) is 0 Å². The Balaban J connectivity index is 2.90. The molecule has 0 atom stereocenters. The average Bonchev–Trinajstić information content (AvgIpc) is 2.40. The second-order valence-electron chi connectivity index (χ2n) is 2.49. The topological polar surface area (TPSA) is 0 Å². The van der Waals surface area contributed by atoms with Crippen LogP contribution < -0.4 is 0 Å². The third-order valence-electron chi connectivity index (χ3n) is 1.79. The number of thiophene rings is 1. The number of halogens is 1. The van der Waals surface area contributed by atoms with Crippen LogP contribution in [0.1, 0.15) is 5.56 Å². The summed E-state index contributed by atoms with van der Waals surface area (Å²) in [5, 5.41) is 1.32. The minimum Gasteiger partial charge on any atom is -0.129 e. The van der Waals surface area contributed by atoms with Crippen LogP contribution in [0.25, 0.3) is 16.2 Å². The lowest BCUT2D eigenvalue weighted by Gasteiger charge is -1.89. The molecule has 0 aliphatic heterocycles. The molecule has 0 aliphatic rings. The van der Waals surface area contributed by atoms with Crippen LogP contribution in [0.4, 0.5) is 0 Å². The molecule has 0 amide bonds. The van der Waals surface area contributed by atoms with Gasteiger partial charge in [-0.3, -0.25) is 0 Å². The highest BCUT2D eigenvalue weighted by atomic mass is 127. The van der Waals surface area contributed by atoms with E-state index in [-0.39, 0.29) is 0 Å². The first kappa shape index (κ1) is 8.26. The van der Waals surface area contributed by atoms with Crippen LogP contribution in [-0.2, 0) is 0 Å². The maximum atomic E-state index is 3.82. The molecule has 60 valence electrons. The fraction of sp³-hybridized carbons (Fsp3) is 0. The first-order valence-corrected chi connectivity index (χ1v) is 5.52. The molecule has 2 heteroatoms.